The first kappa shape index (κ1) is 10.8. The molecule has 0 saturated heterocycles. The minimum Gasteiger partial charge on any atom is -0.381 e. The van der Waals surface area contributed by atoms with Crippen LogP contribution in [0.4, 0.5) is 5.69 Å². The number of rotatable bonds is 3. The second kappa shape index (κ2) is 4.49. The van der Waals surface area contributed by atoms with E-state index in [2.05, 4.69) is 32.6 Å². The molecule has 4 heteroatoms. The van der Waals surface area contributed by atoms with Gasteiger partial charge in [0.1, 0.15) is 0 Å². The average molecular weight is 238 g/mol. The van der Waals surface area contributed by atoms with Crippen LogP contribution in [0.2, 0.25) is 0 Å². The number of hydrogen-bond acceptors (Lipinski definition) is 3. The minimum absolute atomic E-state index is 0.781. The molecule has 0 bridgehead atoms. The van der Waals surface area contributed by atoms with Gasteiger partial charge in [-0.15, -0.1) is 0 Å². The standard InChI is InChI=1S/C14H14N4/c1-10-11(3-2-6-15-10)8-16-13-4-5-14-12(7-13)9-17-18-14/h2-7,9,16H,8H2,1H3,(H,17,18). The summed E-state index contributed by atoms with van der Waals surface area (Å²) < 4.78 is 0. The molecule has 0 radical (unpaired) electrons. The van der Waals surface area contributed by atoms with Gasteiger partial charge in [0.2, 0.25) is 0 Å². The Kier molecular flexibility index (Phi) is 2.68. The topological polar surface area (TPSA) is 53.6 Å². The molecule has 3 aromatic rings. The van der Waals surface area contributed by atoms with Crippen LogP contribution in [0.25, 0.3) is 10.9 Å². The summed E-state index contributed by atoms with van der Waals surface area (Å²) in [6.07, 6.45) is 3.65. The van der Waals surface area contributed by atoms with E-state index in [1.807, 2.05) is 37.5 Å². The van der Waals surface area contributed by atoms with E-state index in [9.17, 15) is 0 Å². The van der Waals surface area contributed by atoms with Crippen LogP contribution >= 0.6 is 0 Å². The van der Waals surface area contributed by atoms with Gasteiger partial charge in [-0.25, -0.2) is 0 Å². The van der Waals surface area contributed by atoms with Crippen molar-refractivity contribution in [2.45, 2.75) is 13.5 Å². The number of aryl methyl sites for hydroxylation is 1. The van der Waals surface area contributed by atoms with Crippen molar-refractivity contribution < 1.29 is 0 Å². The smallest absolute Gasteiger partial charge is 0.0651 e. The SMILES string of the molecule is Cc1ncccc1CNc1ccc2[nH]ncc2c1. The van der Waals surface area contributed by atoms with Crippen molar-refractivity contribution in [3.63, 3.8) is 0 Å². The molecule has 2 N–H and O–H groups in total. The number of pyridine rings is 1. The fourth-order valence-electron chi connectivity index (χ4n) is 1.95. The van der Waals surface area contributed by atoms with Crippen LogP contribution in [0.15, 0.2) is 42.7 Å². The van der Waals surface area contributed by atoms with E-state index in [1.54, 1.807) is 0 Å². The molecular formula is C14H14N4. The highest BCUT2D eigenvalue weighted by molar-refractivity contribution is 5.81. The molecule has 0 aliphatic carbocycles. The Hall–Kier alpha value is -2.36. The van der Waals surface area contributed by atoms with Crippen LogP contribution < -0.4 is 5.32 Å². The maximum absolute atomic E-state index is 4.28. The molecule has 90 valence electrons. The van der Waals surface area contributed by atoms with Crippen molar-refractivity contribution in [2.75, 3.05) is 5.32 Å². The highest BCUT2D eigenvalue weighted by atomic mass is 15.1. The first-order valence-electron chi connectivity index (χ1n) is 5.90. The molecule has 0 amide bonds. The third kappa shape index (κ3) is 2.05. The van der Waals surface area contributed by atoms with Crippen LogP contribution in [0.5, 0.6) is 0 Å². The predicted molar refractivity (Wildman–Crippen MR) is 72.4 cm³/mol. The van der Waals surface area contributed by atoms with E-state index in [1.165, 1.54) is 5.56 Å². The molecule has 4 nitrogen and oxygen atoms in total. The van der Waals surface area contributed by atoms with Crippen LogP contribution in [0, 0.1) is 6.92 Å². The number of aromatic nitrogens is 3. The molecule has 0 fully saturated rings. The van der Waals surface area contributed by atoms with Gasteiger partial charge in [0.05, 0.1) is 11.7 Å². The number of nitrogens with zero attached hydrogens (tertiary/aromatic N) is 2. The third-order valence-electron chi connectivity index (χ3n) is 3.04. The van der Waals surface area contributed by atoms with Gasteiger partial charge in [-0.3, -0.25) is 10.1 Å². The maximum atomic E-state index is 4.28. The average Bonchev–Trinajstić information content (AvgIpc) is 2.85. The molecule has 1 aromatic carbocycles. The second-order valence-corrected chi connectivity index (χ2v) is 4.27. The van der Waals surface area contributed by atoms with Crippen molar-refractivity contribution in [3.05, 3.63) is 54.0 Å². The molecule has 0 saturated carbocycles. The van der Waals surface area contributed by atoms with Crippen molar-refractivity contribution in [2.24, 2.45) is 0 Å². The fraction of sp³-hybridized carbons (Fsp3) is 0.143. The van der Waals surface area contributed by atoms with Crippen molar-refractivity contribution in [1.82, 2.24) is 15.2 Å². The van der Waals surface area contributed by atoms with Gasteiger partial charge in [0.25, 0.3) is 0 Å². The Morgan fingerprint density at radius 3 is 3.11 bits per heavy atom. The predicted octanol–water partition coefficient (Wildman–Crippen LogP) is 2.88. The van der Waals surface area contributed by atoms with Crippen LogP contribution in [-0.4, -0.2) is 15.2 Å². The lowest BCUT2D eigenvalue weighted by Gasteiger charge is -2.08. The fourth-order valence-corrected chi connectivity index (χ4v) is 1.95. The third-order valence-corrected chi connectivity index (χ3v) is 3.04. The molecular weight excluding hydrogens is 224 g/mol. The Morgan fingerprint density at radius 2 is 2.22 bits per heavy atom. The molecule has 3 rings (SSSR count). The zero-order chi connectivity index (χ0) is 12.4. The number of H-pyrrole nitrogens is 1. The number of aromatic amines is 1. The summed E-state index contributed by atoms with van der Waals surface area (Å²) >= 11 is 0. The van der Waals surface area contributed by atoms with Gasteiger partial charge in [0, 0.05) is 29.5 Å². The monoisotopic (exact) mass is 238 g/mol. The van der Waals surface area contributed by atoms with Crippen LogP contribution in [-0.2, 0) is 6.54 Å². The summed E-state index contributed by atoms with van der Waals surface area (Å²) in [7, 11) is 0. The van der Waals surface area contributed by atoms with Gasteiger partial charge in [-0.2, -0.15) is 5.10 Å². The van der Waals surface area contributed by atoms with Crippen molar-refractivity contribution in [3.8, 4) is 0 Å². The number of fused-ring (bicyclic) bond motifs is 1. The van der Waals surface area contributed by atoms with Crippen LogP contribution in [0.3, 0.4) is 0 Å². The van der Waals surface area contributed by atoms with Gasteiger partial charge in [0.15, 0.2) is 0 Å². The van der Waals surface area contributed by atoms with Crippen molar-refractivity contribution >= 4 is 16.6 Å². The highest BCUT2D eigenvalue weighted by Gasteiger charge is 2.00. The zero-order valence-electron chi connectivity index (χ0n) is 10.1. The number of hydrogen-bond donors (Lipinski definition) is 2. The quantitative estimate of drug-likeness (QED) is 0.737. The lowest BCUT2D eigenvalue weighted by molar-refractivity contribution is 1.06. The number of benzene rings is 1. The molecule has 18 heavy (non-hydrogen) atoms. The lowest BCUT2D eigenvalue weighted by atomic mass is 10.2. The Morgan fingerprint density at radius 1 is 1.28 bits per heavy atom. The molecule has 0 aliphatic heterocycles. The highest BCUT2D eigenvalue weighted by Crippen LogP contribution is 2.17. The Bertz CT molecular complexity index is 672. The van der Waals surface area contributed by atoms with E-state index in [0.717, 1.165) is 28.8 Å². The Labute approximate surface area is 105 Å². The molecule has 0 unspecified atom stereocenters. The number of nitrogens with one attached hydrogen (secondary N) is 2. The molecule has 2 heterocycles. The van der Waals surface area contributed by atoms with Crippen LogP contribution in [0.1, 0.15) is 11.3 Å². The lowest BCUT2D eigenvalue weighted by Crippen LogP contribution is -2.02. The first-order valence-corrected chi connectivity index (χ1v) is 5.90. The van der Waals surface area contributed by atoms with Gasteiger partial charge < -0.3 is 5.32 Å². The van der Waals surface area contributed by atoms with Gasteiger partial charge >= 0.3 is 0 Å². The zero-order valence-corrected chi connectivity index (χ0v) is 10.1. The second-order valence-electron chi connectivity index (χ2n) is 4.27. The Balaban J connectivity index is 1.78. The summed E-state index contributed by atoms with van der Waals surface area (Å²) in [5.41, 5.74) is 4.42. The minimum atomic E-state index is 0.781. The molecule has 0 spiro atoms. The normalized spacial score (nSPS) is 10.7. The van der Waals surface area contributed by atoms with E-state index in [4.69, 9.17) is 0 Å². The van der Waals surface area contributed by atoms with Gasteiger partial charge in [-0.1, -0.05) is 6.07 Å². The van der Waals surface area contributed by atoms with Crippen molar-refractivity contribution in [1.29, 1.82) is 0 Å². The van der Waals surface area contributed by atoms with E-state index >= 15 is 0 Å². The first-order chi connectivity index (χ1) is 8.83. The molecule has 0 aliphatic rings. The van der Waals surface area contributed by atoms with E-state index < -0.39 is 0 Å². The maximum Gasteiger partial charge on any atom is 0.0651 e. The largest absolute Gasteiger partial charge is 0.381 e. The summed E-state index contributed by atoms with van der Waals surface area (Å²) in [5, 5.41) is 11.5. The summed E-state index contributed by atoms with van der Waals surface area (Å²) in [5.74, 6) is 0. The summed E-state index contributed by atoms with van der Waals surface area (Å²) in [4.78, 5) is 4.28. The number of anilines is 1. The molecule has 2 aromatic heterocycles. The van der Waals surface area contributed by atoms with Gasteiger partial charge in [-0.05, 0) is 36.8 Å². The summed E-state index contributed by atoms with van der Waals surface area (Å²) in [6, 6.07) is 10.2. The van der Waals surface area contributed by atoms with E-state index in [-0.39, 0.29) is 0 Å². The van der Waals surface area contributed by atoms with E-state index in [0.29, 0.717) is 0 Å². The molecule has 0 atom stereocenters. The summed E-state index contributed by atoms with van der Waals surface area (Å²) in [6.45, 7) is 2.80.